The van der Waals surface area contributed by atoms with E-state index in [0.29, 0.717) is 36.0 Å². The first-order valence-corrected chi connectivity index (χ1v) is 11.8. The number of nitrogens with zero attached hydrogens (tertiary/aromatic N) is 1. The molecule has 7 heteroatoms. The Morgan fingerprint density at radius 2 is 1.97 bits per heavy atom. The second kappa shape index (κ2) is 9.14. The van der Waals surface area contributed by atoms with Crippen LogP contribution < -0.4 is 15.8 Å². The first-order valence-electron chi connectivity index (χ1n) is 11.4. The van der Waals surface area contributed by atoms with Gasteiger partial charge in [-0.1, -0.05) is 24.1 Å². The molecule has 5 rings (SSSR count). The zero-order valence-electron chi connectivity index (χ0n) is 18.2. The van der Waals surface area contributed by atoms with Crippen molar-refractivity contribution in [2.24, 2.45) is 5.73 Å². The third kappa shape index (κ3) is 4.10. The number of rotatable bonds is 7. The fourth-order valence-corrected chi connectivity index (χ4v) is 5.02. The van der Waals surface area contributed by atoms with Crippen LogP contribution in [0.2, 0.25) is 5.02 Å². The van der Waals surface area contributed by atoms with Crippen molar-refractivity contribution < 1.29 is 9.53 Å². The number of carbonyl (C=O) groups excluding carboxylic acids is 1. The Morgan fingerprint density at radius 1 is 1.12 bits per heavy atom. The molecule has 6 nitrogen and oxygen atoms in total. The Morgan fingerprint density at radius 3 is 2.78 bits per heavy atom. The van der Waals surface area contributed by atoms with E-state index in [9.17, 15) is 4.79 Å². The van der Waals surface area contributed by atoms with Gasteiger partial charge in [0.15, 0.2) is 0 Å². The number of H-pyrrole nitrogens is 1. The van der Waals surface area contributed by atoms with Gasteiger partial charge in [-0.2, -0.15) is 0 Å². The fourth-order valence-electron chi connectivity index (χ4n) is 4.75. The van der Waals surface area contributed by atoms with Crippen molar-refractivity contribution in [1.82, 2.24) is 15.2 Å². The predicted octanol–water partition coefficient (Wildman–Crippen LogP) is 4.45. The summed E-state index contributed by atoms with van der Waals surface area (Å²) >= 11 is 6.59. The number of ether oxygens (including phenoxy) is 1. The molecule has 1 amide bonds. The summed E-state index contributed by atoms with van der Waals surface area (Å²) in [6.07, 6.45) is 4.66. The highest BCUT2D eigenvalue weighted by molar-refractivity contribution is 6.34. The molecule has 0 atom stereocenters. The number of piperidine rings is 1. The maximum absolute atomic E-state index is 12.6. The van der Waals surface area contributed by atoms with E-state index in [0.717, 1.165) is 40.7 Å². The number of nitrogens with two attached hydrogens (primary N) is 1. The highest BCUT2D eigenvalue weighted by Crippen LogP contribution is 2.40. The minimum atomic E-state index is -0.102. The zero-order chi connectivity index (χ0) is 22.1. The topological polar surface area (TPSA) is 83.4 Å². The lowest BCUT2D eigenvalue weighted by Crippen LogP contribution is -2.28. The molecule has 0 radical (unpaired) electrons. The van der Waals surface area contributed by atoms with Crippen LogP contribution in [0.3, 0.4) is 0 Å². The number of aromatic nitrogens is 1. The van der Waals surface area contributed by atoms with Crippen LogP contribution in [0, 0.1) is 0 Å². The molecule has 0 saturated carbocycles. The molecule has 1 saturated heterocycles. The third-order valence-electron chi connectivity index (χ3n) is 6.42. The number of fused-ring (bicyclic) bond motifs is 2. The highest BCUT2D eigenvalue weighted by Gasteiger charge is 2.29. The SMILES string of the molecule is NCCCOc1cc(-c2cc3cc(CN4CCCCC4)ccc3[nH]2)c2c(c1Cl)CNC2=O. The molecule has 3 heterocycles. The van der Waals surface area contributed by atoms with E-state index in [2.05, 4.69) is 39.5 Å². The zero-order valence-corrected chi connectivity index (χ0v) is 18.9. The summed E-state index contributed by atoms with van der Waals surface area (Å²) in [6.45, 7) is 4.78. The summed E-state index contributed by atoms with van der Waals surface area (Å²) in [7, 11) is 0. The van der Waals surface area contributed by atoms with Crippen LogP contribution in [0.1, 0.15) is 47.2 Å². The van der Waals surface area contributed by atoms with Crippen LogP contribution >= 0.6 is 11.6 Å². The number of amides is 1. The van der Waals surface area contributed by atoms with E-state index in [-0.39, 0.29) is 5.91 Å². The van der Waals surface area contributed by atoms with Crippen LogP contribution in [-0.4, -0.2) is 42.0 Å². The molecule has 0 unspecified atom stereocenters. The van der Waals surface area contributed by atoms with Crippen molar-refractivity contribution >= 4 is 28.4 Å². The minimum Gasteiger partial charge on any atom is -0.492 e. The molecule has 1 fully saturated rings. The quantitative estimate of drug-likeness (QED) is 0.462. The molecule has 1 aromatic heterocycles. The van der Waals surface area contributed by atoms with Crippen LogP contribution in [0.5, 0.6) is 5.75 Å². The Kier molecular flexibility index (Phi) is 6.09. The standard InChI is InChI=1S/C25H29ClN4O2/c26-24-19-14-28-25(31)23(19)18(13-22(24)32-10-4-7-27)21-12-17-11-16(5-6-20(17)29-21)15-30-8-2-1-3-9-30/h5-6,11-13,29H,1-4,7-10,14-15,27H2,(H,28,31). The Hall–Kier alpha value is -2.54. The summed E-state index contributed by atoms with van der Waals surface area (Å²) in [5.74, 6) is 0.490. The second-order valence-electron chi connectivity index (χ2n) is 8.70. The van der Waals surface area contributed by atoms with E-state index < -0.39 is 0 Å². The van der Waals surface area contributed by atoms with E-state index in [4.69, 9.17) is 22.1 Å². The smallest absolute Gasteiger partial charge is 0.252 e. The van der Waals surface area contributed by atoms with Crippen LogP contribution in [0.25, 0.3) is 22.2 Å². The Balaban J connectivity index is 1.50. The average molecular weight is 453 g/mol. The van der Waals surface area contributed by atoms with Gasteiger partial charge in [0, 0.05) is 40.8 Å². The summed E-state index contributed by atoms with van der Waals surface area (Å²) in [5.41, 5.74) is 11.1. The monoisotopic (exact) mass is 452 g/mol. The number of hydrogen-bond donors (Lipinski definition) is 3. The van der Waals surface area contributed by atoms with Gasteiger partial charge in [0.25, 0.3) is 5.91 Å². The van der Waals surface area contributed by atoms with Gasteiger partial charge in [-0.25, -0.2) is 0 Å². The summed E-state index contributed by atoms with van der Waals surface area (Å²) in [5, 5.41) is 4.54. The molecule has 2 aliphatic rings. The van der Waals surface area contributed by atoms with E-state index in [1.165, 1.54) is 37.9 Å². The van der Waals surface area contributed by atoms with Crippen LogP contribution in [-0.2, 0) is 13.1 Å². The molecule has 2 aliphatic heterocycles. The van der Waals surface area contributed by atoms with Gasteiger partial charge in [0.05, 0.1) is 17.2 Å². The number of halogens is 1. The summed E-state index contributed by atoms with van der Waals surface area (Å²) in [6, 6.07) is 10.6. The minimum absolute atomic E-state index is 0.102. The van der Waals surface area contributed by atoms with Gasteiger partial charge in [0.1, 0.15) is 5.75 Å². The number of aromatic amines is 1. The molecule has 0 spiro atoms. The van der Waals surface area contributed by atoms with Crippen LogP contribution in [0.15, 0.2) is 30.3 Å². The number of likely N-dealkylation sites (tertiary alicyclic amines) is 1. The Labute approximate surface area is 193 Å². The van der Waals surface area contributed by atoms with Crippen molar-refractivity contribution in [3.63, 3.8) is 0 Å². The lowest BCUT2D eigenvalue weighted by Gasteiger charge is -2.26. The predicted molar refractivity (Wildman–Crippen MR) is 128 cm³/mol. The van der Waals surface area contributed by atoms with Crippen molar-refractivity contribution in [2.45, 2.75) is 38.8 Å². The maximum Gasteiger partial charge on any atom is 0.252 e. The fraction of sp³-hybridized carbons (Fsp3) is 0.400. The van der Waals surface area contributed by atoms with Crippen molar-refractivity contribution in [3.05, 3.63) is 52.0 Å². The molecule has 0 bridgehead atoms. The van der Waals surface area contributed by atoms with E-state index in [1.807, 2.05) is 6.07 Å². The van der Waals surface area contributed by atoms with Gasteiger partial charge in [-0.15, -0.1) is 0 Å². The maximum atomic E-state index is 12.6. The lowest BCUT2D eigenvalue weighted by atomic mass is 9.99. The molecule has 4 N–H and O–H groups in total. The molecule has 2 aromatic carbocycles. The van der Waals surface area contributed by atoms with Gasteiger partial charge >= 0.3 is 0 Å². The van der Waals surface area contributed by atoms with E-state index >= 15 is 0 Å². The average Bonchev–Trinajstić information content (AvgIpc) is 3.40. The van der Waals surface area contributed by atoms with Crippen molar-refractivity contribution in [2.75, 3.05) is 26.2 Å². The summed E-state index contributed by atoms with van der Waals surface area (Å²) < 4.78 is 5.91. The lowest BCUT2D eigenvalue weighted by molar-refractivity contribution is 0.0966. The molecule has 0 aliphatic carbocycles. The van der Waals surface area contributed by atoms with Crippen molar-refractivity contribution in [3.8, 4) is 17.0 Å². The number of carbonyl (C=O) groups is 1. The molecular weight excluding hydrogens is 424 g/mol. The first kappa shape index (κ1) is 21.3. The van der Waals surface area contributed by atoms with Gasteiger partial charge < -0.3 is 20.8 Å². The molecule has 168 valence electrons. The highest BCUT2D eigenvalue weighted by atomic mass is 35.5. The first-order chi connectivity index (χ1) is 15.6. The number of nitrogens with one attached hydrogen (secondary N) is 2. The number of benzene rings is 2. The van der Waals surface area contributed by atoms with Gasteiger partial charge in [-0.05, 0) is 68.7 Å². The van der Waals surface area contributed by atoms with Crippen molar-refractivity contribution in [1.29, 1.82) is 0 Å². The Bertz CT molecular complexity index is 1150. The largest absolute Gasteiger partial charge is 0.492 e. The molecule has 32 heavy (non-hydrogen) atoms. The third-order valence-corrected chi connectivity index (χ3v) is 6.83. The van der Waals surface area contributed by atoms with Gasteiger partial charge in [0.2, 0.25) is 0 Å². The van der Waals surface area contributed by atoms with Gasteiger partial charge in [-0.3, -0.25) is 9.69 Å². The van der Waals surface area contributed by atoms with Crippen LogP contribution in [0.4, 0.5) is 0 Å². The number of hydrogen-bond acceptors (Lipinski definition) is 4. The summed E-state index contributed by atoms with van der Waals surface area (Å²) in [4.78, 5) is 18.6. The second-order valence-corrected chi connectivity index (χ2v) is 9.08. The molecule has 3 aromatic rings. The normalized spacial score (nSPS) is 16.4. The van der Waals surface area contributed by atoms with E-state index in [1.54, 1.807) is 0 Å². The molecular formula is C25H29ClN4O2.